The molecule has 2 rings (SSSR count). The lowest BCUT2D eigenvalue weighted by Crippen LogP contribution is -2.37. The largest absolute Gasteiger partial charge is 0.339 e. The van der Waals surface area contributed by atoms with Crippen molar-refractivity contribution >= 4 is 29.1 Å². The molecule has 1 aliphatic heterocycles. The van der Waals surface area contributed by atoms with Crippen LogP contribution in [0.2, 0.25) is 10.0 Å². The molecule has 1 fully saturated rings. The molecule has 1 unspecified atom stereocenters. The average Bonchev–Trinajstić information content (AvgIpc) is 2.64. The van der Waals surface area contributed by atoms with Gasteiger partial charge < -0.3 is 10.2 Å². The van der Waals surface area contributed by atoms with Gasteiger partial charge >= 0.3 is 0 Å². The number of nitrogens with one attached hydrogen (secondary N) is 1. The summed E-state index contributed by atoms with van der Waals surface area (Å²) < 4.78 is 0. The predicted octanol–water partition coefficient (Wildman–Crippen LogP) is 3.21. The van der Waals surface area contributed by atoms with Crippen LogP contribution >= 0.6 is 23.2 Å². The highest BCUT2D eigenvalue weighted by molar-refractivity contribution is 6.35. The molecule has 1 aliphatic rings. The summed E-state index contributed by atoms with van der Waals surface area (Å²) in [6.45, 7) is 1.99. The monoisotopic (exact) mass is 300 g/mol. The van der Waals surface area contributed by atoms with Crippen LogP contribution in [0.15, 0.2) is 18.2 Å². The van der Waals surface area contributed by atoms with E-state index in [0.29, 0.717) is 15.6 Å². The molecule has 104 valence electrons. The fourth-order valence-corrected chi connectivity index (χ4v) is 2.96. The van der Waals surface area contributed by atoms with Crippen LogP contribution in [0.3, 0.4) is 0 Å². The van der Waals surface area contributed by atoms with Crippen molar-refractivity contribution in [1.29, 1.82) is 0 Å². The Kier molecular flexibility index (Phi) is 5.08. The van der Waals surface area contributed by atoms with Gasteiger partial charge in [-0.2, -0.15) is 0 Å². The highest BCUT2D eigenvalue weighted by Gasteiger charge is 2.22. The minimum Gasteiger partial charge on any atom is -0.339 e. The molecule has 0 aliphatic carbocycles. The van der Waals surface area contributed by atoms with E-state index in [1.165, 1.54) is 0 Å². The zero-order valence-electron chi connectivity index (χ0n) is 11.0. The first-order valence-corrected chi connectivity index (χ1v) is 7.27. The first-order valence-electron chi connectivity index (χ1n) is 6.52. The standard InChI is InChI=1S/C14H18Cl2N2O/c1-18(13-3-2-5-17-6-4-13)14(19)10-7-11(15)9-12(16)8-10/h7-9,13,17H,2-6H2,1H3. The quantitative estimate of drug-likeness (QED) is 0.909. The second kappa shape index (κ2) is 6.60. The number of hydrogen-bond donors (Lipinski definition) is 1. The summed E-state index contributed by atoms with van der Waals surface area (Å²) in [7, 11) is 1.85. The van der Waals surface area contributed by atoms with Gasteiger partial charge in [0.1, 0.15) is 0 Å². The van der Waals surface area contributed by atoms with E-state index in [9.17, 15) is 4.79 Å². The summed E-state index contributed by atoms with van der Waals surface area (Å²) in [5.41, 5.74) is 0.553. The number of benzene rings is 1. The topological polar surface area (TPSA) is 32.3 Å². The van der Waals surface area contributed by atoms with Crippen molar-refractivity contribution in [1.82, 2.24) is 10.2 Å². The van der Waals surface area contributed by atoms with E-state index in [4.69, 9.17) is 23.2 Å². The molecule has 0 radical (unpaired) electrons. The van der Waals surface area contributed by atoms with Crippen molar-refractivity contribution in [2.45, 2.75) is 25.3 Å². The van der Waals surface area contributed by atoms with Gasteiger partial charge in [-0.3, -0.25) is 4.79 Å². The third-order valence-corrected chi connectivity index (χ3v) is 3.96. The van der Waals surface area contributed by atoms with E-state index in [-0.39, 0.29) is 11.9 Å². The second-order valence-electron chi connectivity index (χ2n) is 4.91. The molecular weight excluding hydrogens is 283 g/mol. The van der Waals surface area contributed by atoms with Gasteiger partial charge in [0.25, 0.3) is 5.91 Å². The van der Waals surface area contributed by atoms with Gasteiger partial charge in [-0.15, -0.1) is 0 Å². The third kappa shape index (κ3) is 3.85. The molecule has 1 aromatic carbocycles. The Morgan fingerprint density at radius 3 is 2.58 bits per heavy atom. The molecule has 1 N–H and O–H groups in total. The zero-order chi connectivity index (χ0) is 13.8. The number of carbonyl (C=O) groups is 1. The van der Waals surface area contributed by atoms with Gasteiger partial charge in [-0.25, -0.2) is 0 Å². The highest BCUT2D eigenvalue weighted by Crippen LogP contribution is 2.21. The lowest BCUT2D eigenvalue weighted by atomic mass is 10.1. The molecule has 3 nitrogen and oxygen atoms in total. The number of halogens is 2. The Morgan fingerprint density at radius 2 is 1.89 bits per heavy atom. The van der Waals surface area contributed by atoms with Crippen LogP contribution < -0.4 is 5.32 Å². The van der Waals surface area contributed by atoms with E-state index in [0.717, 1.165) is 32.4 Å². The van der Waals surface area contributed by atoms with E-state index in [2.05, 4.69) is 5.32 Å². The first kappa shape index (κ1) is 14.6. The number of amides is 1. The maximum Gasteiger partial charge on any atom is 0.253 e. The Hall–Kier alpha value is -0.770. The number of nitrogens with zero attached hydrogens (tertiary/aromatic N) is 1. The van der Waals surface area contributed by atoms with Gasteiger partial charge in [-0.1, -0.05) is 23.2 Å². The van der Waals surface area contributed by atoms with E-state index >= 15 is 0 Å². The van der Waals surface area contributed by atoms with Crippen LogP contribution in [-0.2, 0) is 0 Å². The fraction of sp³-hybridized carbons (Fsp3) is 0.500. The van der Waals surface area contributed by atoms with Gasteiger partial charge in [-0.05, 0) is 50.6 Å². The predicted molar refractivity (Wildman–Crippen MR) is 79.1 cm³/mol. The van der Waals surface area contributed by atoms with Crippen LogP contribution in [0, 0.1) is 0 Å². The molecule has 1 aromatic rings. The van der Waals surface area contributed by atoms with Crippen molar-refractivity contribution in [2.24, 2.45) is 0 Å². The van der Waals surface area contributed by atoms with Crippen LogP contribution in [0.1, 0.15) is 29.6 Å². The van der Waals surface area contributed by atoms with E-state index < -0.39 is 0 Å². The fourth-order valence-electron chi connectivity index (χ4n) is 2.43. The Labute approximate surface area is 123 Å². The summed E-state index contributed by atoms with van der Waals surface area (Å²) in [5.74, 6) is -0.0173. The molecule has 0 spiro atoms. The van der Waals surface area contributed by atoms with Gasteiger partial charge in [0.2, 0.25) is 0 Å². The number of rotatable bonds is 2. The van der Waals surface area contributed by atoms with Gasteiger partial charge in [0.05, 0.1) is 0 Å². The molecule has 1 atom stereocenters. The first-order chi connectivity index (χ1) is 9.08. The lowest BCUT2D eigenvalue weighted by molar-refractivity contribution is 0.0720. The average molecular weight is 301 g/mol. The number of carbonyl (C=O) groups excluding carboxylic acids is 1. The van der Waals surface area contributed by atoms with Crippen molar-refractivity contribution in [3.05, 3.63) is 33.8 Å². The summed E-state index contributed by atoms with van der Waals surface area (Å²) in [6.07, 6.45) is 3.11. The molecule has 0 aromatic heterocycles. The van der Waals surface area contributed by atoms with E-state index in [1.54, 1.807) is 18.2 Å². The maximum absolute atomic E-state index is 12.4. The van der Waals surface area contributed by atoms with Crippen LogP contribution in [-0.4, -0.2) is 37.0 Å². The minimum absolute atomic E-state index is 0.0173. The zero-order valence-corrected chi connectivity index (χ0v) is 12.5. The maximum atomic E-state index is 12.4. The van der Waals surface area contributed by atoms with Crippen molar-refractivity contribution < 1.29 is 4.79 Å². The molecule has 0 bridgehead atoms. The lowest BCUT2D eigenvalue weighted by Gasteiger charge is -2.27. The number of hydrogen-bond acceptors (Lipinski definition) is 2. The SMILES string of the molecule is CN(C(=O)c1cc(Cl)cc(Cl)c1)C1CCCNCC1. The molecule has 1 amide bonds. The Morgan fingerprint density at radius 1 is 1.21 bits per heavy atom. The smallest absolute Gasteiger partial charge is 0.253 e. The summed E-state index contributed by atoms with van der Waals surface area (Å²) in [4.78, 5) is 14.3. The molecule has 1 heterocycles. The van der Waals surface area contributed by atoms with Gasteiger partial charge in [0.15, 0.2) is 0 Å². The van der Waals surface area contributed by atoms with Gasteiger partial charge in [0, 0.05) is 28.7 Å². The Balaban J connectivity index is 2.13. The summed E-state index contributed by atoms with van der Waals surface area (Å²) >= 11 is 11.9. The van der Waals surface area contributed by atoms with E-state index in [1.807, 2.05) is 11.9 Å². The normalized spacial score (nSPS) is 19.8. The molecule has 5 heteroatoms. The Bertz CT molecular complexity index is 437. The van der Waals surface area contributed by atoms with Crippen LogP contribution in [0.4, 0.5) is 0 Å². The van der Waals surface area contributed by atoms with Crippen molar-refractivity contribution in [2.75, 3.05) is 20.1 Å². The second-order valence-corrected chi connectivity index (χ2v) is 5.78. The summed E-state index contributed by atoms with van der Waals surface area (Å²) in [6, 6.07) is 5.25. The minimum atomic E-state index is -0.0173. The van der Waals surface area contributed by atoms with Crippen molar-refractivity contribution in [3.8, 4) is 0 Å². The van der Waals surface area contributed by atoms with Crippen LogP contribution in [0.25, 0.3) is 0 Å². The molecular formula is C14H18Cl2N2O. The summed E-state index contributed by atoms with van der Waals surface area (Å²) in [5, 5.41) is 4.33. The van der Waals surface area contributed by atoms with Crippen LogP contribution in [0.5, 0.6) is 0 Å². The highest BCUT2D eigenvalue weighted by atomic mass is 35.5. The van der Waals surface area contributed by atoms with Crippen molar-refractivity contribution in [3.63, 3.8) is 0 Å². The molecule has 1 saturated heterocycles. The molecule has 0 saturated carbocycles. The third-order valence-electron chi connectivity index (χ3n) is 3.52. The molecule has 19 heavy (non-hydrogen) atoms.